The quantitative estimate of drug-likeness (QED) is 0.708. The van der Waals surface area contributed by atoms with E-state index in [2.05, 4.69) is 10.2 Å². The number of carbonyl (C=O) groups is 1. The Balaban J connectivity index is 2.48. The summed E-state index contributed by atoms with van der Waals surface area (Å²) >= 11 is 0. The van der Waals surface area contributed by atoms with E-state index in [1.165, 1.54) is 4.68 Å². The molecule has 0 fully saturated rings. The monoisotopic (exact) mass is 191 g/mol. The van der Waals surface area contributed by atoms with Gasteiger partial charge in [-0.25, -0.2) is 4.68 Å². The summed E-state index contributed by atoms with van der Waals surface area (Å²) < 4.78 is 2.99. The van der Waals surface area contributed by atoms with E-state index in [0.29, 0.717) is 11.5 Å². The van der Waals surface area contributed by atoms with Crippen LogP contribution in [0.4, 0.5) is 0 Å². The first-order chi connectivity index (χ1) is 6.68. The highest BCUT2D eigenvalue weighted by molar-refractivity contribution is 5.91. The third-order valence-electron chi connectivity index (χ3n) is 1.86. The highest BCUT2D eigenvalue weighted by Crippen LogP contribution is 2.06. The lowest BCUT2D eigenvalue weighted by molar-refractivity contribution is 0.0991. The molecule has 72 valence electrons. The summed E-state index contributed by atoms with van der Waals surface area (Å²) in [5, 5.41) is 8.08. The second-order valence-electron chi connectivity index (χ2n) is 2.83. The molecular weight excluding hydrogens is 182 g/mol. The molecule has 2 aromatic heterocycles. The van der Waals surface area contributed by atoms with Crippen molar-refractivity contribution in [3.05, 3.63) is 30.2 Å². The minimum absolute atomic E-state index is 0.357. The topological polar surface area (TPSA) is 78.7 Å². The van der Waals surface area contributed by atoms with Gasteiger partial charge in [0.15, 0.2) is 5.82 Å². The number of hydrogen-bond donors (Lipinski definition) is 1. The zero-order valence-electron chi connectivity index (χ0n) is 7.58. The van der Waals surface area contributed by atoms with Crippen molar-refractivity contribution in [2.24, 2.45) is 12.8 Å². The molecule has 1 amide bonds. The van der Waals surface area contributed by atoms with Gasteiger partial charge in [-0.15, -0.1) is 0 Å². The van der Waals surface area contributed by atoms with Gasteiger partial charge in [-0.2, -0.15) is 10.2 Å². The SMILES string of the molecule is Cn1nc(-n2cccn2)cc1C(N)=O. The van der Waals surface area contributed by atoms with Crippen molar-refractivity contribution < 1.29 is 4.79 Å². The van der Waals surface area contributed by atoms with Gasteiger partial charge in [0, 0.05) is 25.5 Å². The van der Waals surface area contributed by atoms with E-state index in [0.717, 1.165) is 0 Å². The predicted molar refractivity (Wildman–Crippen MR) is 48.8 cm³/mol. The minimum Gasteiger partial charge on any atom is -0.364 e. The predicted octanol–water partition coefficient (Wildman–Crippen LogP) is -0.295. The van der Waals surface area contributed by atoms with E-state index in [1.54, 1.807) is 36.3 Å². The molecule has 0 radical (unpaired) electrons. The minimum atomic E-state index is -0.501. The van der Waals surface area contributed by atoms with Crippen LogP contribution in [0.2, 0.25) is 0 Å². The van der Waals surface area contributed by atoms with Crippen molar-refractivity contribution >= 4 is 5.91 Å². The zero-order chi connectivity index (χ0) is 10.1. The smallest absolute Gasteiger partial charge is 0.267 e. The third-order valence-corrected chi connectivity index (χ3v) is 1.86. The van der Waals surface area contributed by atoms with Gasteiger partial charge >= 0.3 is 0 Å². The van der Waals surface area contributed by atoms with E-state index in [9.17, 15) is 4.79 Å². The maximum absolute atomic E-state index is 10.9. The second kappa shape index (κ2) is 2.99. The molecule has 0 atom stereocenters. The van der Waals surface area contributed by atoms with Crippen LogP contribution in [0.15, 0.2) is 24.5 Å². The van der Waals surface area contributed by atoms with Gasteiger partial charge < -0.3 is 5.73 Å². The number of nitrogens with two attached hydrogens (primary N) is 1. The Bertz CT molecular complexity index is 456. The zero-order valence-corrected chi connectivity index (χ0v) is 7.58. The second-order valence-corrected chi connectivity index (χ2v) is 2.83. The molecule has 0 saturated carbocycles. The largest absolute Gasteiger partial charge is 0.364 e. The maximum Gasteiger partial charge on any atom is 0.267 e. The first kappa shape index (κ1) is 8.49. The Hall–Kier alpha value is -2.11. The lowest BCUT2D eigenvalue weighted by atomic mass is 10.4. The summed E-state index contributed by atoms with van der Waals surface area (Å²) in [5.41, 5.74) is 5.51. The number of nitrogens with zero attached hydrogens (tertiary/aromatic N) is 4. The highest BCUT2D eigenvalue weighted by atomic mass is 16.1. The number of amides is 1. The van der Waals surface area contributed by atoms with Gasteiger partial charge in [-0.1, -0.05) is 0 Å². The van der Waals surface area contributed by atoms with Crippen molar-refractivity contribution in [1.82, 2.24) is 19.6 Å². The van der Waals surface area contributed by atoms with Crippen molar-refractivity contribution in [3.8, 4) is 5.82 Å². The molecule has 2 heterocycles. The molecular formula is C8H9N5O. The summed E-state index contributed by atoms with van der Waals surface area (Å²) in [6.45, 7) is 0. The molecule has 0 aliphatic rings. The molecule has 0 unspecified atom stereocenters. The van der Waals surface area contributed by atoms with E-state index >= 15 is 0 Å². The summed E-state index contributed by atoms with van der Waals surface area (Å²) in [4.78, 5) is 10.9. The van der Waals surface area contributed by atoms with Crippen LogP contribution in [-0.2, 0) is 7.05 Å². The standard InChI is InChI=1S/C8H9N5O/c1-12-6(8(9)14)5-7(11-12)13-4-2-3-10-13/h2-5H,1H3,(H2,9,14). The van der Waals surface area contributed by atoms with Gasteiger partial charge in [-0.3, -0.25) is 9.48 Å². The molecule has 0 bridgehead atoms. The highest BCUT2D eigenvalue weighted by Gasteiger charge is 2.10. The average molecular weight is 191 g/mol. The van der Waals surface area contributed by atoms with Crippen LogP contribution in [-0.4, -0.2) is 25.5 Å². The fraction of sp³-hybridized carbons (Fsp3) is 0.125. The van der Waals surface area contributed by atoms with Crippen molar-refractivity contribution in [3.63, 3.8) is 0 Å². The summed E-state index contributed by atoms with van der Waals surface area (Å²) in [7, 11) is 1.66. The van der Waals surface area contributed by atoms with Crippen LogP contribution < -0.4 is 5.73 Å². The Morgan fingerprint density at radius 2 is 2.36 bits per heavy atom. The Kier molecular flexibility index (Phi) is 1.81. The Labute approximate surface area is 79.9 Å². The lowest BCUT2D eigenvalue weighted by Gasteiger charge is -1.92. The van der Waals surface area contributed by atoms with Gasteiger partial charge in [-0.05, 0) is 6.07 Å². The molecule has 0 saturated heterocycles. The van der Waals surface area contributed by atoms with Gasteiger partial charge in [0.25, 0.3) is 5.91 Å². The molecule has 2 aromatic rings. The molecule has 2 rings (SSSR count). The van der Waals surface area contributed by atoms with Crippen LogP contribution in [0.5, 0.6) is 0 Å². The van der Waals surface area contributed by atoms with Crippen LogP contribution in [0, 0.1) is 0 Å². The van der Waals surface area contributed by atoms with E-state index in [-0.39, 0.29) is 0 Å². The lowest BCUT2D eigenvalue weighted by Crippen LogP contribution is -2.15. The fourth-order valence-corrected chi connectivity index (χ4v) is 1.20. The number of carbonyl (C=O) groups excluding carboxylic acids is 1. The van der Waals surface area contributed by atoms with Crippen LogP contribution in [0.3, 0.4) is 0 Å². The summed E-state index contributed by atoms with van der Waals surface area (Å²) in [5.74, 6) is 0.0738. The normalized spacial score (nSPS) is 10.4. The molecule has 0 aliphatic carbocycles. The van der Waals surface area contributed by atoms with E-state index in [4.69, 9.17) is 5.73 Å². The fourth-order valence-electron chi connectivity index (χ4n) is 1.20. The molecule has 0 aromatic carbocycles. The number of aryl methyl sites for hydroxylation is 1. The van der Waals surface area contributed by atoms with Crippen LogP contribution >= 0.6 is 0 Å². The Morgan fingerprint density at radius 3 is 2.86 bits per heavy atom. The van der Waals surface area contributed by atoms with Gasteiger partial charge in [0.05, 0.1) is 0 Å². The maximum atomic E-state index is 10.9. The number of hydrogen-bond acceptors (Lipinski definition) is 3. The van der Waals surface area contributed by atoms with Crippen LogP contribution in [0.1, 0.15) is 10.5 Å². The summed E-state index contributed by atoms with van der Waals surface area (Å²) in [6, 6.07) is 3.37. The number of primary amides is 1. The first-order valence-corrected chi connectivity index (χ1v) is 4.02. The number of rotatable bonds is 2. The van der Waals surface area contributed by atoms with Crippen molar-refractivity contribution in [1.29, 1.82) is 0 Å². The molecule has 2 N–H and O–H groups in total. The molecule has 6 heteroatoms. The van der Waals surface area contributed by atoms with Crippen molar-refractivity contribution in [2.75, 3.05) is 0 Å². The van der Waals surface area contributed by atoms with Gasteiger partial charge in [0.1, 0.15) is 5.69 Å². The molecule has 6 nitrogen and oxygen atoms in total. The van der Waals surface area contributed by atoms with Crippen molar-refractivity contribution in [2.45, 2.75) is 0 Å². The average Bonchev–Trinajstić information content (AvgIpc) is 2.70. The van der Waals surface area contributed by atoms with Crippen LogP contribution in [0.25, 0.3) is 5.82 Å². The van der Waals surface area contributed by atoms with E-state index < -0.39 is 5.91 Å². The van der Waals surface area contributed by atoms with Gasteiger partial charge in [0.2, 0.25) is 0 Å². The third kappa shape index (κ3) is 1.26. The molecule has 0 aliphatic heterocycles. The first-order valence-electron chi connectivity index (χ1n) is 4.02. The number of aromatic nitrogens is 4. The summed E-state index contributed by atoms with van der Waals surface area (Å²) in [6.07, 6.45) is 3.38. The molecule has 14 heavy (non-hydrogen) atoms. The molecule has 0 spiro atoms. The Morgan fingerprint density at radius 1 is 1.57 bits per heavy atom. The van der Waals surface area contributed by atoms with E-state index in [1.807, 2.05) is 0 Å².